The van der Waals surface area contributed by atoms with Crippen molar-refractivity contribution in [3.05, 3.63) is 24.3 Å². The molecule has 26 heavy (non-hydrogen) atoms. The summed E-state index contributed by atoms with van der Waals surface area (Å²) in [5.41, 5.74) is 5.12. The van der Waals surface area contributed by atoms with E-state index >= 15 is 0 Å². The average Bonchev–Trinajstić information content (AvgIpc) is 2.87. The van der Waals surface area contributed by atoms with Gasteiger partial charge in [-0.25, -0.2) is 0 Å². The Morgan fingerprint density at radius 3 is 2.65 bits per heavy atom. The fourth-order valence-electron chi connectivity index (χ4n) is 3.61. The molecule has 5 nitrogen and oxygen atoms in total. The summed E-state index contributed by atoms with van der Waals surface area (Å²) in [5, 5.41) is 20.6. The topological polar surface area (TPSA) is 92.8 Å². The van der Waals surface area contributed by atoms with Crippen LogP contribution in [0, 0.1) is 11.8 Å². The van der Waals surface area contributed by atoms with Crippen LogP contribution >= 0.6 is 0 Å². The molecule has 0 spiro atoms. The first-order valence-electron chi connectivity index (χ1n) is 10.00. The van der Waals surface area contributed by atoms with Gasteiger partial charge in [0.05, 0.1) is 18.3 Å². The Bertz CT molecular complexity index is 449. The third-order valence-electron chi connectivity index (χ3n) is 5.23. The highest BCUT2D eigenvalue weighted by atomic mass is 16.5. The molecule has 0 aromatic carbocycles. The van der Waals surface area contributed by atoms with Crippen LogP contribution in [0.3, 0.4) is 0 Å². The maximum atomic E-state index is 10.7. The van der Waals surface area contributed by atoms with E-state index in [9.17, 15) is 15.0 Å². The molecular formula is C21H37NO4. The molecule has 3 unspecified atom stereocenters. The van der Waals surface area contributed by atoms with Crippen molar-refractivity contribution < 1.29 is 19.7 Å². The molecule has 4 N–H and O–H groups in total. The molecule has 0 radical (unpaired) electrons. The lowest BCUT2D eigenvalue weighted by atomic mass is 9.89. The highest BCUT2D eigenvalue weighted by Gasteiger charge is 2.39. The molecular weight excluding hydrogens is 330 g/mol. The molecule has 5 heteroatoms. The van der Waals surface area contributed by atoms with Gasteiger partial charge in [-0.3, -0.25) is 4.79 Å². The summed E-state index contributed by atoms with van der Waals surface area (Å²) in [6.07, 6.45) is 14.8. The predicted octanol–water partition coefficient (Wildman–Crippen LogP) is 3.10. The summed E-state index contributed by atoms with van der Waals surface area (Å²) in [4.78, 5) is 10.7. The van der Waals surface area contributed by atoms with Crippen LogP contribution in [-0.2, 0) is 9.53 Å². The smallest absolute Gasteiger partial charge is 0.217 e. The van der Waals surface area contributed by atoms with Gasteiger partial charge in [-0.1, -0.05) is 50.5 Å². The molecule has 0 aromatic rings. The summed E-state index contributed by atoms with van der Waals surface area (Å²) >= 11 is 0. The van der Waals surface area contributed by atoms with Crippen molar-refractivity contribution in [1.29, 1.82) is 0 Å². The standard InChI is InChI=1S/C21H37NO4/c1-3-4-7-10-16(26-2)13-14-18-17(19(23)15-20(18)24)11-8-5-6-9-12-21(22)25/h5,8,13-14,16-20,23-24H,3-4,6-7,9-12,15H2,1-2H3,(H2,22,25)/t16?,17-,18-,19?,20?/m1/s1. The quantitative estimate of drug-likeness (QED) is 0.344. The Morgan fingerprint density at radius 1 is 1.23 bits per heavy atom. The minimum atomic E-state index is -0.511. The van der Waals surface area contributed by atoms with E-state index < -0.39 is 12.2 Å². The number of primary amides is 1. The van der Waals surface area contributed by atoms with Gasteiger partial charge in [0.2, 0.25) is 5.91 Å². The summed E-state index contributed by atoms with van der Waals surface area (Å²) in [5.74, 6) is -0.310. The van der Waals surface area contributed by atoms with Crippen LogP contribution in [0.2, 0.25) is 0 Å². The zero-order valence-corrected chi connectivity index (χ0v) is 16.3. The number of ether oxygens (including phenoxy) is 1. The molecule has 1 saturated carbocycles. The second kappa shape index (κ2) is 13.1. The summed E-state index contributed by atoms with van der Waals surface area (Å²) in [6.45, 7) is 2.18. The van der Waals surface area contributed by atoms with Crippen molar-refractivity contribution in [2.75, 3.05) is 7.11 Å². The van der Waals surface area contributed by atoms with Gasteiger partial charge in [0.25, 0.3) is 0 Å². The van der Waals surface area contributed by atoms with Gasteiger partial charge in [0.1, 0.15) is 0 Å². The summed E-state index contributed by atoms with van der Waals surface area (Å²) in [6, 6.07) is 0. The summed E-state index contributed by atoms with van der Waals surface area (Å²) in [7, 11) is 1.72. The van der Waals surface area contributed by atoms with Crippen molar-refractivity contribution in [3.8, 4) is 0 Å². The van der Waals surface area contributed by atoms with Crippen molar-refractivity contribution >= 4 is 5.91 Å². The first kappa shape index (κ1) is 22.9. The molecule has 0 bridgehead atoms. The van der Waals surface area contributed by atoms with E-state index in [1.807, 2.05) is 24.3 Å². The number of carbonyl (C=O) groups is 1. The number of allylic oxidation sites excluding steroid dienone is 2. The van der Waals surface area contributed by atoms with Gasteiger partial charge in [0, 0.05) is 25.9 Å². The number of unbranched alkanes of at least 4 members (excludes halogenated alkanes) is 3. The Labute approximate surface area is 158 Å². The fraction of sp³-hybridized carbons (Fsp3) is 0.762. The number of amides is 1. The largest absolute Gasteiger partial charge is 0.393 e. The lowest BCUT2D eigenvalue weighted by Crippen LogP contribution is -2.20. The maximum absolute atomic E-state index is 10.7. The van der Waals surface area contributed by atoms with Crippen molar-refractivity contribution in [3.63, 3.8) is 0 Å². The van der Waals surface area contributed by atoms with Gasteiger partial charge in [-0.05, 0) is 31.6 Å². The predicted molar refractivity (Wildman–Crippen MR) is 104 cm³/mol. The monoisotopic (exact) mass is 367 g/mol. The van der Waals surface area contributed by atoms with Gasteiger partial charge in [0.15, 0.2) is 0 Å². The van der Waals surface area contributed by atoms with Crippen LogP contribution in [-0.4, -0.2) is 41.5 Å². The zero-order chi connectivity index (χ0) is 19.4. The van der Waals surface area contributed by atoms with E-state index in [-0.39, 0.29) is 23.8 Å². The second-order valence-electron chi connectivity index (χ2n) is 7.33. The average molecular weight is 368 g/mol. The Hall–Kier alpha value is -1.17. The van der Waals surface area contributed by atoms with E-state index in [0.29, 0.717) is 12.8 Å². The maximum Gasteiger partial charge on any atom is 0.217 e. The third kappa shape index (κ3) is 8.47. The van der Waals surface area contributed by atoms with Crippen LogP contribution in [0.25, 0.3) is 0 Å². The first-order chi connectivity index (χ1) is 12.5. The van der Waals surface area contributed by atoms with E-state index in [1.165, 1.54) is 12.8 Å². The van der Waals surface area contributed by atoms with Gasteiger partial charge < -0.3 is 20.7 Å². The SMILES string of the molecule is CCCCCC(C=C[C@H]1C(O)CC(O)[C@@H]1CC=CCCCC(N)=O)OC. The number of carbonyl (C=O) groups excluding carboxylic acids is 1. The number of hydrogen-bond donors (Lipinski definition) is 3. The number of rotatable bonds is 13. The highest BCUT2D eigenvalue weighted by molar-refractivity contribution is 5.73. The molecule has 1 rings (SSSR count). The van der Waals surface area contributed by atoms with Crippen LogP contribution in [0.15, 0.2) is 24.3 Å². The Morgan fingerprint density at radius 2 is 2.00 bits per heavy atom. The number of methoxy groups -OCH3 is 1. The van der Waals surface area contributed by atoms with Crippen molar-refractivity contribution in [2.24, 2.45) is 17.6 Å². The zero-order valence-electron chi connectivity index (χ0n) is 16.3. The molecule has 0 heterocycles. The van der Waals surface area contributed by atoms with E-state index in [0.717, 1.165) is 32.1 Å². The third-order valence-corrected chi connectivity index (χ3v) is 5.23. The van der Waals surface area contributed by atoms with E-state index in [1.54, 1.807) is 7.11 Å². The van der Waals surface area contributed by atoms with Crippen LogP contribution in [0.5, 0.6) is 0 Å². The molecule has 0 saturated heterocycles. The molecule has 1 aliphatic rings. The van der Waals surface area contributed by atoms with E-state index in [4.69, 9.17) is 10.5 Å². The molecule has 5 atom stereocenters. The molecule has 1 aliphatic carbocycles. The Balaban J connectivity index is 2.53. The molecule has 1 amide bonds. The van der Waals surface area contributed by atoms with Crippen LogP contribution in [0.1, 0.15) is 64.7 Å². The Kier molecular flexibility index (Phi) is 11.5. The first-order valence-corrected chi connectivity index (χ1v) is 10.00. The van der Waals surface area contributed by atoms with Crippen LogP contribution in [0.4, 0.5) is 0 Å². The van der Waals surface area contributed by atoms with Gasteiger partial charge >= 0.3 is 0 Å². The molecule has 150 valence electrons. The normalized spacial score (nSPS) is 27.5. The molecule has 1 fully saturated rings. The highest BCUT2D eigenvalue weighted by Crippen LogP contribution is 2.36. The minimum absolute atomic E-state index is 0.0155. The number of nitrogens with two attached hydrogens (primary N) is 1. The van der Waals surface area contributed by atoms with Crippen molar-refractivity contribution in [2.45, 2.75) is 83.0 Å². The lowest BCUT2D eigenvalue weighted by Gasteiger charge is -2.20. The lowest BCUT2D eigenvalue weighted by molar-refractivity contribution is -0.118. The van der Waals surface area contributed by atoms with Gasteiger partial charge in [-0.15, -0.1) is 0 Å². The number of aliphatic hydroxyl groups excluding tert-OH is 2. The number of hydrogen-bond acceptors (Lipinski definition) is 4. The molecule has 0 aliphatic heterocycles. The number of aliphatic hydroxyl groups is 2. The minimum Gasteiger partial charge on any atom is -0.393 e. The van der Waals surface area contributed by atoms with E-state index in [2.05, 4.69) is 6.92 Å². The van der Waals surface area contributed by atoms with Crippen molar-refractivity contribution in [1.82, 2.24) is 0 Å². The molecule has 0 aromatic heterocycles. The second-order valence-corrected chi connectivity index (χ2v) is 7.33. The fourth-order valence-corrected chi connectivity index (χ4v) is 3.61. The van der Waals surface area contributed by atoms with Crippen LogP contribution < -0.4 is 5.73 Å². The summed E-state index contributed by atoms with van der Waals surface area (Å²) < 4.78 is 5.52. The van der Waals surface area contributed by atoms with Gasteiger partial charge in [-0.2, -0.15) is 0 Å².